The van der Waals surface area contributed by atoms with Gasteiger partial charge in [0.2, 0.25) is 11.8 Å². The number of nitrogens with one attached hydrogen (secondary N) is 1. The molecule has 0 spiro atoms. The summed E-state index contributed by atoms with van der Waals surface area (Å²) in [7, 11) is 0. The molecule has 0 bridgehead atoms. The SMILES string of the molecule is CCCC(=O)N1CCC(C(C)(N)C(=O)Nc2ccc(-c3cc(F)cc(F)c3)cn2)CC1. The van der Waals surface area contributed by atoms with E-state index in [1.807, 2.05) is 11.8 Å². The number of piperidine rings is 1. The van der Waals surface area contributed by atoms with E-state index < -0.39 is 17.2 Å². The number of pyridine rings is 1. The molecule has 3 N–H and O–H groups in total. The fraction of sp³-hybridized carbons (Fsp3) is 0.435. The molecule has 8 heteroatoms. The van der Waals surface area contributed by atoms with Gasteiger partial charge in [-0.15, -0.1) is 0 Å². The van der Waals surface area contributed by atoms with Crippen LogP contribution in [0.15, 0.2) is 36.5 Å². The van der Waals surface area contributed by atoms with Gasteiger partial charge in [-0.05, 0) is 61.9 Å². The van der Waals surface area contributed by atoms with Gasteiger partial charge in [0.05, 0.1) is 5.54 Å². The number of carbonyl (C=O) groups excluding carboxylic acids is 2. The number of amides is 2. The van der Waals surface area contributed by atoms with Gasteiger partial charge in [0.15, 0.2) is 0 Å². The van der Waals surface area contributed by atoms with E-state index in [0.717, 1.165) is 12.5 Å². The number of nitrogens with zero attached hydrogens (tertiary/aromatic N) is 2. The van der Waals surface area contributed by atoms with Crippen molar-refractivity contribution in [1.82, 2.24) is 9.88 Å². The molecule has 2 heterocycles. The van der Waals surface area contributed by atoms with Crippen molar-refractivity contribution in [2.45, 2.75) is 45.1 Å². The van der Waals surface area contributed by atoms with Gasteiger partial charge in [-0.25, -0.2) is 13.8 Å². The standard InChI is InChI=1S/C23H28F2N4O2/c1-3-4-21(30)29-9-7-17(8-10-29)23(2,26)22(31)28-20-6-5-15(14-27-20)16-11-18(24)13-19(25)12-16/h5-6,11-14,17H,3-4,7-10,26H2,1-2H3,(H,27,28,31). The Balaban J connectivity index is 1.62. The number of rotatable bonds is 6. The Hall–Kier alpha value is -2.87. The van der Waals surface area contributed by atoms with Crippen molar-refractivity contribution in [3.05, 3.63) is 48.2 Å². The molecule has 0 aliphatic carbocycles. The van der Waals surface area contributed by atoms with Crippen LogP contribution in [0.1, 0.15) is 39.5 Å². The highest BCUT2D eigenvalue weighted by molar-refractivity contribution is 5.97. The molecule has 1 aromatic heterocycles. The second-order valence-electron chi connectivity index (χ2n) is 8.23. The number of hydrogen-bond donors (Lipinski definition) is 2. The topological polar surface area (TPSA) is 88.3 Å². The van der Waals surface area contributed by atoms with E-state index in [4.69, 9.17) is 5.73 Å². The second kappa shape index (κ2) is 9.51. The van der Waals surface area contributed by atoms with E-state index in [-0.39, 0.29) is 17.7 Å². The predicted molar refractivity (Wildman–Crippen MR) is 115 cm³/mol. The van der Waals surface area contributed by atoms with Gasteiger partial charge in [0.1, 0.15) is 17.5 Å². The van der Waals surface area contributed by atoms with Crippen molar-refractivity contribution in [3.8, 4) is 11.1 Å². The van der Waals surface area contributed by atoms with Crippen LogP contribution in [0.5, 0.6) is 0 Å². The summed E-state index contributed by atoms with van der Waals surface area (Å²) in [5.41, 5.74) is 6.15. The van der Waals surface area contributed by atoms with Crippen molar-refractivity contribution in [2.24, 2.45) is 11.7 Å². The van der Waals surface area contributed by atoms with Gasteiger partial charge in [0, 0.05) is 37.3 Å². The Morgan fingerprint density at radius 2 is 1.81 bits per heavy atom. The predicted octanol–water partition coefficient (Wildman–Crippen LogP) is 3.72. The van der Waals surface area contributed by atoms with Crippen LogP contribution in [0.2, 0.25) is 0 Å². The maximum atomic E-state index is 13.4. The molecule has 2 amide bonds. The Morgan fingerprint density at radius 3 is 2.35 bits per heavy atom. The summed E-state index contributed by atoms with van der Waals surface area (Å²) in [6.45, 7) is 4.87. The van der Waals surface area contributed by atoms with E-state index in [2.05, 4.69) is 10.3 Å². The fourth-order valence-corrected chi connectivity index (χ4v) is 3.90. The summed E-state index contributed by atoms with van der Waals surface area (Å²) >= 11 is 0. The minimum atomic E-state index is -1.12. The Morgan fingerprint density at radius 1 is 1.16 bits per heavy atom. The number of nitrogens with two attached hydrogens (primary N) is 1. The second-order valence-corrected chi connectivity index (χ2v) is 8.23. The van der Waals surface area contributed by atoms with Crippen LogP contribution in [0.25, 0.3) is 11.1 Å². The van der Waals surface area contributed by atoms with Crippen molar-refractivity contribution in [1.29, 1.82) is 0 Å². The van der Waals surface area contributed by atoms with E-state index in [9.17, 15) is 18.4 Å². The third-order valence-corrected chi connectivity index (χ3v) is 5.85. The molecule has 6 nitrogen and oxygen atoms in total. The van der Waals surface area contributed by atoms with Crippen LogP contribution in [0.4, 0.5) is 14.6 Å². The average molecular weight is 430 g/mol. The number of likely N-dealkylation sites (tertiary alicyclic amines) is 1. The molecule has 2 aromatic rings. The summed E-state index contributed by atoms with van der Waals surface area (Å²) in [5.74, 6) is -1.32. The minimum absolute atomic E-state index is 0.0623. The first-order chi connectivity index (χ1) is 14.7. The molecule has 0 saturated carbocycles. The van der Waals surface area contributed by atoms with E-state index in [0.29, 0.717) is 49.3 Å². The minimum Gasteiger partial charge on any atom is -0.343 e. The monoisotopic (exact) mass is 430 g/mol. The molecular weight excluding hydrogens is 402 g/mol. The molecule has 0 radical (unpaired) electrons. The van der Waals surface area contributed by atoms with Crippen LogP contribution in [-0.4, -0.2) is 40.3 Å². The van der Waals surface area contributed by atoms with Gasteiger partial charge >= 0.3 is 0 Å². The maximum absolute atomic E-state index is 13.4. The lowest BCUT2D eigenvalue weighted by atomic mass is 9.79. The molecule has 1 aromatic carbocycles. The smallest absolute Gasteiger partial charge is 0.245 e. The van der Waals surface area contributed by atoms with E-state index >= 15 is 0 Å². The average Bonchev–Trinajstić information content (AvgIpc) is 2.74. The van der Waals surface area contributed by atoms with E-state index in [1.54, 1.807) is 19.1 Å². The van der Waals surface area contributed by atoms with Gasteiger partial charge in [-0.3, -0.25) is 9.59 Å². The summed E-state index contributed by atoms with van der Waals surface area (Å²) in [6, 6.07) is 6.43. The van der Waals surface area contributed by atoms with Gasteiger partial charge in [-0.1, -0.05) is 6.92 Å². The maximum Gasteiger partial charge on any atom is 0.245 e. The lowest BCUT2D eigenvalue weighted by Crippen LogP contribution is -2.57. The number of carbonyl (C=O) groups is 2. The first kappa shape index (κ1) is 22.8. The lowest BCUT2D eigenvalue weighted by molar-refractivity contribution is -0.133. The molecule has 1 unspecified atom stereocenters. The molecule has 1 fully saturated rings. The normalized spacial score (nSPS) is 16.6. The number of aromatic nitrogens is 1. The van der Waals surface area contributed by atoms with Crippen LogP contribution >= 0.6 is 0 Å². The summed E-state index contributed by atoms with van der Waals surface area (Å²) in [5, 5.41) is 2.73. The number of halogens is 2. The zero-order valence-corrected chi connectivity index (χ0v) is 17.8. The third-order valence-electron chi connectivity index (χ3n) is 5.85. The largest absolute Gasteiger partial charge is 0.343 e. The lowest BCUT2D eigenvalue weighted by Gasteiger charge is -2.39. The summed E-state index contributed by atoms with van der Waals surface area (Å²) < 4.78 is 26.9. The Kier molecular flexibility index (Phi) is 7.00. The molecular formula is C23H28F2N4O2. The summed E-state index contributed by atoms with van der Waals surface area (Å²) in [4.78, 5) is 30.9. The molecule has 1 aliphatic rings. The van der Waals surface area contributed by atoms with Crippen LogP contribution in [-0.2, 0) is 9.59 Å². The first-order valence-corrected chi connectivity index (χ1v) is 10.5. The molecule has 1 aliphatic heterocycles. The Labute approximate surface area is 180 Å². The molecule has 166 valence electrons. The third kappa shape index (κ3) is 5.44. The summed E-state index contributed by atoms with van der Waals surface area (Å²) in [6.07, 6.45) is 4.11. The highest BCUT2D eigenvalue weighted by Gasteiger charge is 2.39. The van der Waals surface area contributed by atoms with Gasteiger partial charge < -0.3 is 16.0 Å². The van der Waals surface area contributed by atoms with Gasteiger partial charge in [-0.2, -0.15) is 0 Å². The van der Waals surface area contributed by atoms with Crippen LogP contribution in [0.3, 0.4) is 0 Å². The van der Waals surface area contributed by atoms with Crippen molar-refractivity contribution >= 4 is 17.6 Å². The molecule has 1 saturated heterocycles. The van der Waals surface area contributed by atoms with Gasteiger partial charge in [0.25, 0.3) is 0 Å². The fourth-order valence-electron chi connectivity index (χ4n) is 3.90. The number of anilines is 1. The highest BCUT2D eigenvalue weighted by atomic mass is 19.1. The zero-order chi connectivity index (χ0) is 22.6. The van der Waals surface area contributed by atoms with Crippen molar-refractivity contribution in [2.75, 3.05) is 18.4 Å². The van der Waals surface area contributed by atoms with E-state index in [1.165, 1.54) is 18.3 Å². The highest BCUT2D eigenvalue weighted by Crippen LogP contribution is 2.28. The Bertz CT molecular complexity index is 919. The molecule has 1 atom stereocenters. The van der Waals surface area contributed by atoms with Crippen molar-refractivity contribution in [3.63, 3.8) is 0 Å². The van der Waals surface area contributed by atoms with Crippen LogP contribution in [0, 0.1) is 17.6 Å². The zero-order valence-electron chi connectivity index (χ0n) is 17.8. The number of hydrogen-bond acceptors (Lipinski definition) is 4. The molecule has 3 rings (SSSR count). The first-order valence-electron chi connectivity index (χ1n) is 10.5. The number of benzene rings is 1. The quantitative estimate of drug-likeness (QED) is 0.731. The molecule has 31 heavy (non-hydrogen) atoms. The van der Waals surface area contributed by atoms with Crippen LogP contribution < -0.4 is 11.1 Å². The van der Waals surface area contributed by atoms with Crippen molar-refractivity contribution < 1.29 is 18.4 Å².